The fourth-order valence-electron chi connectivity index (χ4n) is 2.96. The van der Waals surface area contributed by atoms with Gasteiger partial charge in [0.1, 0.15) is 23.0 Å². The highest BCUT2D eigenvalue weighted by Gasteiger charge is 2.14. The highest BCUT2D eigenvalue weighted by atomic mass is 32.1. The van der Waals surface area contributed by atoms with E-state index in [1.54, 1.807) is 39.3 Å². The third kappa shape index (κ3) is 5.20. The molecule has 0 aliphatic rings. The first-order chi connectivity index (χ1) is 15.5. The lowest BCUT2D eigenvalue weighted by Gasteiger charge is -2.11. The van der Waals surface area contributed by atoms with Gasteiger partial charge in [-0.3, -0.25) is 4.99 Å². The minimum absolute atomic E-state index is 0.515. The Labute approximate surface area is 191 Å². The number of benzene rings is 2. The van der Waals surface area contributed by atoms with Crippen molar-refractivity contribution in [2.24, 2.45) is 10.1 Å². The summed E-state index contributed by atoms with van der Waals surface area (Å²) >= 11 is 1.50. The molecule has 0 atom stereocenters. The van der Waals surface area contributed by atoms with Crippen LogP contribution >= 0.6 is 11.3 Å². The van der Waals surface area contributed by atoms with E-state index in [0.717, 1.165) is 27.2 Å². The van der Waals surface area contributed by atoms with Crippen LogP contribution in [0.4, 0.5) is 0 Å². The number of nitrogens with zero attached hydrogens (tertiary/aromatic N) is 3. The van der Waals surface area contributed by atoms with Crippen LogP contribution in [0.5, 0.6) is 23.0 Å². The van der Waals surface area contributed by atoms with E-state index in [1.165, 1.54) is 11.3 Å². The molecule has 32 heavy (non-hydrogen) atoms. The minimum atomic E-state index is 0.515. The Morgan fingerprint density at radius 2 is 1.62 bits per heavy atom. The van der Waals surface area contributed by atoms with Crippen molar-refractivity contribution in [3.05, 3.63) is 64.3 Å². The lowest BCUT2D eigenvalue weighted by Crippen LogP contribution is -2.13. The standard InChI is InChI=1S/C24H27N3O4S/c1-16(2)13-25-24-27(26-14-17-7-8-18(28-3)11-22(17)30-5)21(15-32-24)20-10-9-19(29-4)12-23(20)31-6/h7-12,14-15H,1,13H2,2-6H3. The second kappa shape index (κ2) is 10.7. The van der Waals surface area contributed by atoms with Crippen molar-refractivity contribution < 1.29 is 18.9 Å². The molecule has 8 heteroatoms. The normalized spacial score (nSPS) is 11.6. The molecule has 0 bridgehead atoms. The molecule has 0 saturated carbocycles. The van der Waals surface area contributed by atoms with Crippen LogP contribution in [-0.2, 0) is 0 Å². The van der Waals surface area contributed by atoms with E-state index in [9.17, 15) is 0 Å². The molecule has 0 aliphatic carbocycles. The molecule has 3 rings (SSSR count). The molecular formula is C24H27N3O4S. The molecule has 0 amide bonds. The number of hydrogen-bond acceptors (Lipinski definition) is 7. The highest BCUT2D eigenvalue weighted by Crippen LogP contribution is 2.33. The van der Waals surface area contributed by atoms with Crippen molar-refractivity contribution in [3.63, 3.8) is 0 Å². The number of aromatic nitrogens is 1. The monoisotopic (exact) mass is 453 g/mol. The summed E-state index contributed by atoms with van der Waals surface area (Å²) in [6.45, 7) is 6.40. The van der Waals surface area contributed by atoms with Crippen molar-refractivity contribution in [1.29, 1.82) is 0 Å². The summed E-state index contributed by atoms with van der Waals surface area (Å²) in [5.74, 6) is 2.77. The van der Waals surface area contributed by atoms with Crippen LogP contribution in [0.2, 0.25) is 0 Å². The average molecular weight is 454 g/mol. The Balaban J connectivity index is 2.14. The molecule has 2 aromatic carbocycles. The molecule has 0 aliphatic heterocycles. The first-order valence-corrected chi connectivity index (χ1v) is 10.7. The minimum Gasteiger partial charge on any atom is -0.497 e. The summed E-state index contributed by atoms with van der Waals surface area (Å²) in [6, 6.07) is 11.3. The zero-order chi connectivity index (χ0) is 23.1. The topological polar surface area (TPSA) is 66.6 Å². The van der Waals surface area contributed by atoms with E-state index in [1.807, 2.05) is 48.7 Å². The zero-order valence-corrected chi connectivity index (χ0v) is 19.7. The van der Waals surface area contributed by atoms with Gasteiger partial charge in [-0.2, -0.15) is 5.10 Å². The Kier molecular flexibility index (Phi) is 7.72. The molecule has 0 unspecified atom stereocenters. The maximum Gasteiger partial charge on any atom is 0.206 e. The van der Waals surface area contributed by atoms with Crippen molar-refractivity contribution in [2.75, 3.05) is 35.0 Å². The van der Waals surface area contributed by atoms with Gasteiger partial charge in [0.15, 0.2) is 0 Å². The smallest absolute Gasteiger partial charge is 0.206 e. The number of rotatable bonds is 9. The van der Waals surface area contributed by atoms with Crippen LogP contribution in [0.3, 0.4) is 0 Å². The third-order valence-electron chi connectivity index (χ3n) is 4.61. The Hall–Kier alpha value is -3.52. The van der Waals surface area contributed by atoms with Gasteiger partial charge in [0.25, 0.3) is 0 Å². The molecule has 0 saturated heterocycles. The number of thiazole rings is 1. The van der Waals surface area contributed by atoms with Gasteiger partial charge in [-0.15, -0.1) is 11.3 Å². The van der Waals surface area contributed by atoms with Crippen LogP contribution in [0, 0.1) is 0 Å². The number of hydrogen-bond donors (Lipinski definition) is 0. The summed E-state index contributed by atoms with van der Waals surface area (Å²) in [7, 11) is 6.49. The lowest BCUT2D eigenvalue weighted by atomic mass is 10.1. The number of ether oxygens (including phenoxy) is 4. The van der Waals surface area contributed by atoms with Gasteiger partial charge in [0.2, 0.25) is 4.80 Å². The van der Waals surface area contributed by atoms with E-state index in [4.69, 9.17) is 24.0 Å². The van der Waals surface area contributed by atoms with Crippen LogP contribution in [0.1, 0.15) is 12.5 Å². The lowest BCUT2D eigenvalue weighted by molar-refractivity contribution is 0.394. The maximum absolute atomic E-state index is 5.61. The van der Waals surface area contributed by atoms with Gasteiger partial charge in [-0.25, -0.2) is 4.68 Å². The van der Waals surface area contributed by atoms with Gasteiger partial charge in [0, 0.05) is 28.6 Å². The van der Waals surface area contributed by atoms with Crippen LogP contribution in [0.25, 0.3) is 11.3 Å². The summed E-state index contributed by atoms with van der Waals surface area (Å²) in [5, 5.41) is 6.75. The van der Waals surface area contributed by atoms with E-state index in [-0.39, 0.29) is 0 Å². The van der Waals surface area contributed by atoms with Gasteiger partial charge < -0.3 is 18.9 Å². The van der Waals surface area contributed by atoms with Crippen LogP contribution < -0.4 is 23.7 Å². The van der Waals surface area contributed by atoms with Gasteiger partial charge >= 0.3 is 0 Å². The molecule has 168 valence electrons. The van der Waals surface area contributed by atoms with E-state index in [0.29, 0.717) is 29.5 Å². The van der Waals surface area contributed by atoms with Gasteiger partial charge in [-0.1, -0.05) is 12.2 Å². The van der Waals surface area contributed by atoms with Crippen LogP contribution in [-0.4, -0.2) is 45.9 Å². The first-order valence-electron chi connectivity index (χ1n) is 9.85. The Morgan fingerprint density at radius 1 is 0.969 bits per heavy atom. The molecular weight excluding hydrogens is 426 g/mol. The Bertz CT molecular complexity index is 1190. The molecule has 1 aromatic heterocycles. The quantitative estimate of drug-likeness (QED) is 0.351. The Morgan fingerprint density at radius 3 is 2.25 bits per heavy atom. The third-order valence-corrected chi connectivity index (χ3v) is 5.46. The number of methoxy groups -OCH3 is 4. The summed E-state index contributed by atoms with van der Waals surface area (Å²) < 4.78 is 23.5. The van der Waals surface area contributed by atoms with Gasteiger partial charge in [-0.05, 0) is 31.2 Å². The highest BCUT2D eigenvalue weighted by molar-refractivity contribution is 7.07. The molecule has 3 aromatic rings. The predicted molar refractivity (Wildman–Crippen MR) is 129 cm³/mol. The molecule has 0 radical (unpaired) electrons. The molecule has 0 spiro atoms. The first kappa shape index (κ1) is 23.1. The fraction of sp³-hybridized carbons (Fsp3) is 0.250. The fourth-order valence-corrected chi connectivity index (χ4v) is 3.79. The zero-order valence-electron chi connectivity index (χ0n) is 18.9. The second-order valence-electron chi connectivity index (χ2n) is 6.91. The molecule has 0 N–H and O–H groups in total. The van der Waals surface area contributed by atoms with Gasteiger partial charge in [0.05, 0.1) is 46.9 Å². The molecule has 7 nitrogen and oxygen atoms in total. The van der Waals surface area contributed by atoms with Crippen molar-refractivity contribution in [3.8, 4) is 34.3 Å². The van der Waals surface area contributed by atoms with Crippen molar-refractivity contribution in [1.82, 2.24) is 4.68 Å². The maximum atomic E-state index is 5.61. The molecule has 0 fully saturated rings. The second-order valence-corrected chi connectivity index (χ2v) is 7.74. The largest absolute Gasteiger partial charge is 0.497 e. The van der Waals surface area contributed by atoms with E-state index < -0.39 is 0 Å². The SMILES string of the molecule is C=C(C)CN=c1scc(-c2ccc(OC)cc2OC)n1N=Cc1ccc(OC)cc1OC. The average Bonchev–Trinajstić information content (AvgIpc) is 3.23. The van der Waals surface area contributed by atoms with E-state index in [2.05, 4.69) is 11.6 Å². The summed E-state index contributed by atoms with van der Waals surface area (Å²) in [4.78, 5) is 5.42. The van der Waals surface area contributed by atoms with Crippen molar-refractivity contribution >= 4 is 17.6 Å². The summed E-state index contributed by atoms with van der Waals surface area (Å²) in [6.07, 6.45) is 1.74. The summed E-state index contributed by atoms with van der Waals surface area (Å²) in [5.41, 5.74) is 3.50. The van der Waals surface area contributed by atoms with Crippen LogP contribution in [0.15, 0.2) is 64.0 Å². The van der Waals surface area contributed by atoms with E-state index >= 15 is 0 Å². The van der Waals surface area contributed by atoms with Crippen molar-refractivity contribution in [2.45, 2.75) is 6.92 Å². The molecule has 1 heterocycles. The predicted octanol–water partition coefficient (Wildman–Crippen LogP) is 4.61.